The first-order chi connectivity index (χ1) is 13.7. The predicted molar refractivity (Wildman–Crippen MR) is 98.3 cm³/mol. The fourth-order valence-corrected chi connectivity index (χ4v) is 3.21. The number of rotatable bonds is 5. The molecule has 2 aromatic rings. The minimum Gasteiger partial charge on any atom is -0.507 e. The zero-order valence-electron chi connectivity index (χ0n) is 16.2. The third kappa shape index (κ3) is 3.29. The molecule has 154 valence electrons. The molecule has 1 aliphatic heterocycles. The molecule has 0 unspecified atom stereocenters. The second-order valence-electron chi connectivity index (χ2n) is 6.45. The number of carbonyl (C=O) groups is 2. The lowest BCUT2D eigenvalue weighted by molar-refractivity contribution is -0.0548. The van der Waals surface area contributed by atoms with Crippen molar-refractivity contribution in [3.8, 4) is 23.0 Å². The highest BCUT2D eigenvalue weighted by atomic mass is 16.6. The van der Waals surface area contributed by atoms with Crippen LogP contribution in [-0.4, -0.2) is 41.5 Å². The van der Waals surface area contributed by atoms with Crippen LogP contribution in [0.5, 0.6) is 23.0 Å². The highest BCUT2D eigenvalue weighted by molar-refractivity contribution is 5.98. The molecule has 0 bridgehead atoms. The molecule has 0 fully saturated rings. The summed E-state index contributed by atoms with van der Waals surface area (Å²) in [5, 5.41) is 30.6. The molecule has 1 aliphatic rings. The van der Waals surface area contributed by atoms with E-state index in [9.17, 15) is 24.9 Å². The normalized spacial score (nSPS) is 14.9. The van der Waals surface area contributed by atoms with Gasteiger partial charge in [-0.2, -0.15) is 0 Å². The number of phenols is 2. The third-order valence-electron chi connectivity index (χ3n) is 4.78. The molecule has 9 heteroatoms. The zero-order chi connectivity index (χ0) is 21.5. The van der Waals surface area contributed by atoms with Crippen molar-refractivity contribution < 1.29 is 43.9 Å². The summed E-state index contributed by atoms with van der Waals surface area (Å²) < 4.78 is 20.3. The minimum atomic E-state index is -1.52. The Morgan fingerprint density at radius 1 is 1.10 bits per heavy atom. The fraction of sp³-hybridized carbons (Fsp3) is 0.300. The van der Waals surface area contributed by atoms with Gasteiger partial charge in [0.1, 0.15) is 40.7 Å². The quantitative estimate of drug-likeness (QED) is 0.642. The topological polar surface area (TPSA) is 132 Å². The summed E-state index contributed by atoms with van der Waals surface area (Å²) in [7, 11) is 2.77. The summed E-state index contributed by atoms with van der Waals surface area (Å²) in [5.74, 6) is -2.01. The largest absolute Gasteiger partial charge is 0.507 e. The number of fused-ring (bicyclic) bond motifs is 1. The van der Waals surface area contributed by atoms with Gasteiger partial charge < -0.3 is 34.3 Å². The van der Waals surface area contributed by atoms with Crippen LogP contribution in [0, 0.1) is 13.8 Å². The Kier molecular flexibility index (Phi) is 5.25. The summed E-state index contributed by atoms with van der Waals surface area (Å²) in [6, 6.07) is 2.92. The number of cyclic esters (lactones) is 1. The molecular formula is C20H20O9. The van der Waals surface area contributed by atoms with Crippen molar-refractivity contribution in [1.29, 1.82) is 0 Å². The van der Waals surface area contributed by atoms with E-state index < -0.39 is 30.6 Å². The average molecular weight is 404 g/mol. The fourth-order valence-electron chi connectivity index (χ4n) is 3.21. The molecule has 3 rings (SSSR count). The van der Waals surface area contributed by atoms with Crippen molar-refractivity contribution in [3.05, 3.63) is 45.5 Å². The molecule has 1 heterocycles. The van der Waals surface area contributed by atoms with Crippen LogP contribution in [0.4, 0.5) is 0 Å². The number of aliphatic hydroxyl groups is 1. The Morgan fingerprint density at radius 3 is 2.38 bits per heavy atom. The molecule has 29 heavy (non-hydrogen) atoms. The molecule has 0 spiro atoms. The van der Waals surface area contributed by atoms with Gasteiger partial charge in [0, 0.05) is 11.1 Å². The van der Waals surface area contributed by atoms with Gasteiger partial charge in [0.15, 0.2) is 0 Å². The van der Waals surface area contributed by atoms with Crippen LogP contribution in [0.2, 0.25) is 0 Å². The molecule has 2 aromatic carbocycles. The minimum absolute atomic E-state index is 0.0213. The van der Waals surface area contributed by atoms with Crippen LogP contribution in [0.1, 0.15) is 49.3 Å². The lowest BCUT2D eigenvalue weighted by Gasteiger charge is -2.16. The Morgan fingerprint density at radius 2 is 1.76 bits per heavy atom. The second kappa shape index (κ2) is 7.51. The van der Waals surface area contributed by atoms with Crippen molar-refractivity contribution in [2.75, 3.05) is 14.2 Å². The van der Waals surface area contributed by atoms with Crippen LogP contribution < -0.4 is 9.47 Å². The number of aryl methyl sites for hydroxylation is 1. The maximum Gasteiger partial charge on any atom is 0.345 e. The number of benzene rings is 2. The molecular weight excluding hydrogens is 384 g/mol. The Bertz CT molecular complexity index is 1010. The van der Waals surface area contributed by atoms with Crippen LogP contribution in [-0.2, 0) is 16.1 Å². The summed E-state index contributed by atoms with van der Waals surface area (Å²) in [6.45, 7) is 2.76. The van der Waals surface area contributed by atoms with Crippen molar-refractivity contribution in [1.82, 2.24) is 0 Å². The number of hydrogen-bond acceptors (Lipinski definition) is 9. The lowest BCUT2D eigenvalue weighted by atomic mass is 10.0. The highest BCUT2D eigenvalue weighted by Gasteiger charge is 2.36. The van der Waals surface area contributed by atoms with Gasteiger partial charge in [-0.3, -0.25) is 0 Å². The van der Waals surface area contributed by atoms with Crippen LogP contribution in [0.3, 0.4) is 0 Å². The molecule has 0 saturated heterocycles. The zero-order valence-corrected chi connectivity index (χ0v) is 16.2. The third-order valence-corrected chi connectivity index (χ3v) is 4.78. The number of aliphatic hydroxyl groups excluding tert-OH is 1. The maximum absolute atomic E-state index is 12.6. The van der Waals surface area contributed by atoms with Gasteiger partial charge in [0.2, 0.25) is 6.29 Å². The molecule has 0 aliphatic carbocycles. The molecule has 9 nitrogen and oxygen atoms in total. The van der Waals surface area contributed by atoms with Gasteiger partial charge in [0.25, 0.3) is 0 Å². The van der Waals surface area contributed by atoms with E-state index in [1.54, 1.807) is 19.9 Å². The SMILES string of the molecule is COc1cc(C)c(C(=O)OCc2c(OC)cc3c(c2O)C(=O)O[C@H]3O)c(O)c1C. The molecule has 0 radical (unpaired) electrons. The van der Waals surface area contributed by atoms with Gasteiger partial charge in [-0.15, -0.1) is 0 Å². The Labute approximate surface area is 166 Å². The first kappa shape index (κ1) is 20.3. The van der Waals surface area contributed by atoms with E-state index in [0.29, 0.717) is 16.9 Å². The summed E-state index contributed by atoms with van der Waals surface area (Å²) in [5.41, 5.74) is 0.625. The standard InChI is InChI=1S/C20H20O9/c1-8-5-12(26-3)9(2)16(21)14(8)19(24)28-7-11-13(27-4)6-10-15(17(11)22)20(25)29-18(10)23/h5-6,18,21-23H,7H2,1-4H3/t18-/m1/s1. The number of hydrogen-bond donors (Lipinski definition) is 3. The number of methoxy groups -OCH3 is 2. The van der Waals surface area contributed by atoms with Crippen LogP contribution in [0.15, 0.2) is 12.1 Å². The van der Waals surface area contributed by atoms with E-state index in [0.717, 1.165) is 0 Å². The Balaban J connectivity index is 1.93. The van der Waals surface area contributed by atoms with E-state index in [1.165, 1.54) is 20.3 Å². The number of ether oxygens (including phenoxy) is 4. The summed E-state index contributed by atoms with van der Waals surface area (Å²) in [6.07, 6.45) is -1.52. The average Bonchev–Trinajstić information content (AvgIpc) is 2.97. The predicted octanol–water partition coefficient (Wildman–Crippen LogP) is 2.25. The molecule has 3 N–H and O–H groups in total. The Hall–Kier alpha value is -3.46. The van der Waals surface area contributed by atoms with Crippen molar-refractivity contribution in [3.63, 3.8) is 0 Å². The van der Waals surface area contributed by atoms with E-state index in [-0.39, 0.29) is 33.8 Å². The molecule has 0 saturated carbocycles. The molecule has 0 aromatic heterocycles. The monoisotopic (exact) mass is 404 g/mol. The van der Waals surface area contributed by atoms with Gasteiger partial charge >= 0.3 is 11.9 Å². The van der Waals surface area contributed by atoms with Gasteiger partial charge in [-0.05, 0) is 31.5 Å². The molecule has 1 atom stereocenters. The van der Waals surface area contributed by atoms with Gasteiger partial charge in [-0.1, -0.05) is 0 Å². The van der Waals surface area contributed by atoms with Crippen LogP contribution >= 0.6 is 0 Å². The number of carbonyl (C=O) groups excluding carboxylic acids is 2. The first-order valence-corrected chi connectivity index (χ1v) is 8.57. The number of aromatic hydroxyl groups is 2. The first-order valence-electron chi connectivity index (χ1n) is 8.57. The highest BCUT2D eigenvalue weighted by Crippen LogP contribution is 2.42. The lowest BCUT2D eigenvalue weighted by Crippen LogP contribution is -2.10. The van der Waals surface area contributed by atoms with Gasteiger partial charge in [0.05, 0.1) is 19.8 Å². The van der Waals surface area contributed by atoms with E-state index in [4.69, 9.17) is 14.2 Å². The van der Waals surface area contributed by atoms with Gasteiger partial charge in [-0.25, -0.2) is 9.59 Å². The summed E-state index contributed by atoms with van der Waals surface area (Å²) >= 11 is 0. The van der Waals surface area contributed by atoms with Crippen LogP contribution in [0.25, 0.3) is 0 Å². The molecule has 0 amide bonds. The smallest absolute Gasteiger partial charge is 0.345 e. The van der Waals surface area contributed by atoms with Crippen molar-refractivity contribution in [2.24, 2.45) is 0 Å². The van der Waals surface area contributed by atoms with Crippen molar-refractivity contribution >= 4 is 11.9 Å². The van der Waals surface area contributed by atoms with E-state index in [2.05, 4.69) is 4.74 Å². The summed E-state index contributed by atoms with van der Waals surface area (Å²) in [4.78, 5) is 24.5. The second-order valence-corrected chi connectivity index (χ2v) is 6.45. The van der Waals surface area contributed by atoms with Crippen molar-refractivity contribution in [2.45, 2.75) is 26.7 Å². The van der Waals surface area contributed by atoms with E-state index >= 15 is 0 Å². The number of esters is 2. The number of phenolic OH excluding ortho intramolecular Hbond substituents is 2. The van der Waals surface area contributed by atoms with E-state index in [1.807, 2.05) is 0 Å². The maximum atomic E-state index is 12.6.